The monoisotopic (exact) mass is 1340 g/mol. The van der Waals surface area contributed by atoms with Crippen molar-refractivity contribution >= 4 is 116 Å². The molecule has 90 heavy (non-hydrogen) atoms. The van der Waals surface area contributed by atoms with E-state index in [-0.39, 0.29) is 67.3 Å². The SMILES string of the molecule is COC(=O)C(Cc1ccc(NC(=O)c2c(Cl)cccc2Cl)cc1)NC(=O)C1(CCN)CCCC1.COC(=O)C(Cc1ccc(NC(=O)c2c(Cl)cccc2Cl)cc1)NC(=O)C1(CCNC(=O)c2cccc(C)c2)CCCC1.O=C(Cl)c1cccc(C(F)(F)F)c1. The third-order valence-electron chi connectivity index (χ3n) is 15.6. The van der Waals surface area contributed by atoms with Gasteiger partial charge in [-0.05, 0) is 148 Å². The van der Waals surface area contributed by atoms with Crippen molar-refractivity contribution in [2.45, 2.75) is 102 Å². The summed E-state index contributed by atoms with van der Waals surface area (Å²) in [6.45, 7) is 2.69. The normalized spacial score (nSPS) is 14.4. The summed E-state index contributed by atoms with van der Waals surface area (Å²) in [7, 11) is 2.58. The summed E-state index contributed by atoms with van der Waals surface area (Å²) in [5.41, 5.74) is 8.08. The summed E-state index contributed by atoms with van der Waals surface area (Å²) in [5.74, 6) is -2.49. The number of amides is 5. The minimum atomic E-state index is -4.44. The van der Waals surface area contributed by atoms with Gasteiger partial charge in [0.15, 0.2) is 0 Å². The molecule has 5 amide bonds. The van der Waals surface area contributed by atoms with Gasteiger partial charge in [-0.3, -0.25) is 28.8 Å². The first-order valence-corrected chi connectivity index (χ1v) is 30.6. The van der Waals surface area contributed by atoms with Gasteiger partial charge in [-0.25, -0.2) is 9.59 Å². The Morgan fingerprint density at radius 2 is 0.944 bits per heavy atom. The average Bonchev–Trinajstić information content (AvgIpc) is 1.68. The predicted molar refractivity (Wildman–Crippen MR) is 342 cm³/mol. The highest BCUT2D eigenvalue weighted by atomic mass is 35.5. The average molecular weight is 1340 g/mol. The number of nitrogens with one attached hydrogen (secondary N) is 5. The molecule has 0 spiro atoms. The molecule has 6 aromatic rings. The number of aryl methyl sites for hydroxylation is 1. The second-order valence-electron chi connectivity index (χ2n) is 21.7. The Hall–Kier alpha value is -7.52. The van der Waals surface area contributed by atoms with Crippen molar-refractivity contribution in [1.82, 2.24) is 16.0 Å². The van der Waals surface area contributed by atoms with Crippen molar-refractivity contribution in [3.05, 3.63) is 198 Å². The lowest BCUT2D eigenvalue weighted by Crippen LogP contribution is -2.50. The van der Waals surface area contributed by atoms with E-state index in [0.29, 0.717) is 55.7 Å². The van der Waals surface area contributed by atoms with Crippen LogP contribution in [0, 0.1) is 17.8 Å². The van der Waals surface area contributed by atoms with Crippen LogP contribution in [-0.2, 0) is 47.7 Å². The Morgan fingerprint density at radius 1 is 0.544 bits per heavy atom. The maximum absolute atomic E-state index is 13.6. The van der Waals surface area contributed by atoms with Gasteiger partial charge in [-0.2, -0.15) is 13.2 Å². The molecule has 0 saturated heterocycles. The fraction of sp³-hybridized carbons (Fsp3) is 0.333. The molecule has 2 aliphatic rings. The van der Waals surface area contributed by atoms with E-state index in [9.17, 15) is 51.5 Å². The van der Waals surface area contributed by atoms with Crippen LogP contribution < -0.4 is 32.3 Å². The molecule has 0 bridgehead atoms. The van der Waals surface area contributed by atoms with E-state index in [1.54, 1.807) is 91.0 Å². The third kappa shape index (κ3) is 20.0. The summed E-state index contributed by atoms with van der Waals surface area (Å²) in [6.07, 6.45) is 3.71. The van der Waals surface area contributed by atoms with Crippen LogP contribution in [-0.4, -0.2) is 86.1 Å². The zero-order valence-corrected chi connectivity index (χ0v) is 53.2. The molecular formula is C66H68Cl5F3N6O10. The number of rotatable bonds is 21. The standard InChI is InChI=1S/C33H35Cl2N3O5.C25H29Cl2N3O4.C8H4ClF3O/c1-21-7-5-8-23(19-21)29(39)36-18-17-33(15-3-4-16-33)32(42)38-27(31(41)43-2)20-22-11-13-24(14-12-22)37-30(40)28-25(34)9-6-10-26(28)35;1-34-23(32)20(30-24(33)25(13-14-28)11-2-3-12-25)15-16-7-9-17(10-8-16)29-22(31)21-18(26)5-4-6-19(21)27;9-7(13)5-2-1-3-6(4-5)8(10,11)12/h5-14,19,27H,3-4,15-18,20H2,1-2H3,(H,36,39)(H,37,40)(H,38,42);4-10,20H,2-3,11-15,28H2,1H3,(H,29,31)(H,30,33);1-4H. The van der Waals surface area contributed by atoms with Gasteiger partial charge in [0.25, 0.3) is 23.0 Å². The van der Waals surface area contributed by atoms with Crippen LogP contribution >= 0.6 is 58.0 Å². The van der Waals surface area contributed by atoms with Gasteiger partial charge < -0.3 is 41.8 Å². The summed E-state index contributed by atoms with van der Waals surface area (Å²) in [6, 6.07) is 33.2. The first kappa shape index (κ1) is 71.6. The zero-order valence-electron chi connectivity index (χ0n) is 49.4. The van der Waals surface area contributed by atoms with Gasteiger partial charge in [0, 0.05) is 41.9 Å². The Morgan fingerprint density at radius 3 is 1.33 bits per heavy atom. The molecule has 0 radical (unpaired) electrons. The number of alkyl halides is 3. The highest BCUT2D eigenvalue weighted by Crippen LogP contribution is 2.43. The summed E-state index contributed by atoms with van der Waals surface area (Å²) in [5, 5.41) is 14.4. The molecule has 2 aliphatic carbocycles. The Labute approximate surface area is 544 Å². The number of nitrogens with two attached hydrogens (primary N) is 1. The lowest BCUT2D eigenvalue weighted by molar-refractivity contribution is -0.147. The largest absolute Gasteiger partial charge is 0.467 e. The van der Waals surface area contributed by atoms with E-state index >= 15 is 0 Å². The number of hydrogen-bond acceptors (Lipinski definition) is 11. The van der Waals surface area contributed by atoms with Crippen LogP contribution in [0.15, 0.2) is 133 Å². The molecule has 0 aromatic heterocycles. The van der Waals surface area contributed by atoms with Crippen molar-refractivity contribution < 1.29 is 61.0 Å². The number of benzene rings is 6. The van der Waals surface area contributed by atoms with Crippen molar-refractivity contribution in [3.8, 4) is 0 Å². The summed E-state index contributed by atoms with van der Waals surface area (Å²) in [4.78, 5) is 100. The van der Waals surface area contributed by atoms with Crippen LogP contribution in [0.1, 0.15) is 128 Å². The van der Waals surface area contributed by atoms with Gasteiger partial charge >= 0.3 is 18.1 Å². The molecule has 24 heteroatoms. The molecule has 2 fully saturated rings. The van der Waals surface area contributed by atoms with Crippen molar-refractivity contribution in [1.29, 1.82) is 0 Å². The molecule has 0 heterocycles. The molecular weight excluding hydrogens is 1270 g/mol. The second kappa shape index (κ2) is 33.5. The van der Waals surface area contributed by atoms with Crippen molar-refractivity contribution in [2.75, 3.05) is 37.9 Å². The first-order chi connectivity index (χ1) is 42.8. The van der Waals surface area contributed by atoms with Crippen LogP contribution in [0.4, 0.5) is 24.5 Å². The van der Waals surface area contributed by atoms with E-state index < -0.39 is 63.6 Å². The summed E-state index contributed by atoms with van der Waals surface area (Å²) < 4.78 is 46.2. The molecule has 2 unspecified atom stereocenters. The van der Waals surface area contributed by atoms with Gasteiger partial charge in [-0.15, -0.1) is 0 Å². The molecule has 478 valence electrons. The number of ether oxygens (including phenoxy) is 2. The van der Waals surface area contributed by atoms with E-state index in [1.165, 1.54) is 20.3 Å². The van der Waals surface area contributed by atoms with Crippen LogP contribution in [0.2, 0.25) is 20.1 Å². The maximum Gasteiger partial charge on any atom is 0.416 e. The quantitative estimate of drug-likeness (QED) is 0.0292. The minimum Gasteiger partial charge on any atom is -0.467 e. The van der Waals surface area contributed by atoms with Gasteiger partial charge in [-0.1, -0.05) is 138 Å². The number of carbonyl (C=O) groups excluding carboxylic acids is 8. The van der Waals surface area contributed by atoms with Crippen LogP contribution in [0.5, 0.6) is 0 Å². The molecule has 6 aromatic carbocycles. The lowest BCUT2D eigenvalue weighted by Gasteiger charge is -2.30. The first-order valence-electron chi connectivity index (χ1n) is 28.7. The van der Waals surface area contributed by atoms with Crippen LogP contribution in [0.25, 0.3) is 0 Å². The zero-order chi connectivity index (χ0) is 65.8. The molecule has 8 rings (SSSR count). The number of carbonyl (C=O) groups is 8. The highest BCUT2D eigenvalue weighted by Gasteiger charge is 2.43. The van der Waals surface area contributed by atoms with Gasteiger partial charge in [0.05, 0.1) is 61.8 Å². The van der Waals surface area contributed by atoms with E-state index in [2.05, 4.69) is 26.6 Å². The molecule has 0 aliphatic heterocycles. The number of esters is 2. The molecule has 16 nitrogen and oxygen atoms in total. The molecule has 2 saturated carbocycles. The fourth-order valence-corrected chi connectivity index (χ4v) is 12.0. The third-order valence-corrected chi connectivity index (χ3v) is 17.0. The number of hydrogen-bond donors (Lipinski definition) is 6. The van der Waals surface area contributed by atoms with E-state index in [0.717, 1.165) is 73.4 Å². The molecule has 2 atom stereocenters. The van der Waals surface area contributed by atoms with Gasteiger partial charge in [0.1, 0.15) is 12.1 Å². The fourth-order valence-electron chi connectivity index (χ4n) is 10.7. The lowest BCUT2D eigenvalue weighted by atomic mass is 9.81. The maximum atomic E-state index is 13.6. The number of methoxy groups -OCH3 is 2. The van der Waals surface area contributed by atoms with E-state index in [1.807, 2.05) is 25.1 Å². The Bertz CT molecular complexity index is 3490. The van der Waals surface area contributed by atoms with Crippen LogP contribution in [0.3, 0.4) is 0 Å². The van der Waals surface area contributed by atoms with Crippen molar-refractivity contribution in [2.24, 2.45) is 16.6 Å². The number of anilines is 2. The number of halogens is 8. The predicted octanol–water partition coefficient (Wildman–Crippen LogP) is 13.6. The summed E-state index contributed by atoms with van der Waals surface area (Å²) >= 11 is 29.5. The van der Waals surface area contributed by atoms with Crippen molar-refractivity contribution in [3.63, 3.8) is 0 Å². The van der Waals surface area contributed by atoms with E-state index in [4.69, 9.17) is 73.2 Å². The minimum absolute atomic E-state index is 0.147. The molecule has 7 N–H and O–H groups in total. The second-order valence-corrected chi connectivity index (χ2v) is 23.7. The Balaban J connectivity index is 0.000000243. The smallest absolute Gasteiger partial charge is 0.416 e. The highest BCUT2D eigenvalue weighted by molar-refractivity contribution is 6.67. The Kier molecular flexibility index (Phi) is 26.6. The van der Waals surface area contributed by atoms with Gasteiger partial charge in [0.2, 0.25) is 11.8 Å². The topological polar surface area (TPSA) is 241 Å².